The summed E-state index contributed by atoms with van der Waals surface area (Å²) in [6.45, 7) is 2.71. The number of carbonyl (C=O) groups excluding carboxylic acids is 1. The third-order valence-corrected chi connectivity index (χ3v) is 3.58. The fourth-order valence-electron chi connectivity index (χ4n) is 2.24. The van der Waals surface area contributed by atoms with E-state index in [1.807, 2.05) is 55.5 Å². The SMILES string of the molecule is COc1cccc(CCCNC(=O)/C=C/c2ccc(C)cc2)c1. The van der Waals surface area contributed by atoms with Gasteiger partial charge < -0.3 is 10.1 Å². The van der Waals surface area contributed by atoms with E-state index >= 15 is 0 Å². The van der Waals surface area contributed by atoms with E-state index in [1.54, 1.807) is 13.2 Å². The van der Waals surface area contributed by atoms with E-state index < -0.39 is 0 Å². The highest BCUT2D eigenvalue weighted by molar-refractivity contribution is 5.91. The lowest BCUT2D eigenvalue weighted by Gasteiger charge is -2.05. The number of hydrogen-bond acceptors (Lipinski definition) is 2. The van der Waals surface area contributed by atoms with Crippen LogP contribution in [-0.2, 0) is 11.2 Å². The maximum absolute atomic E-state index is 11.8. The van der Waals surface area contributed by atoms with Gasteiger partial charge >= 0.3 is 0 Å². The van der Waals surface area contributed by atoms with Crippen LogP contribution in [0.15, 0.2) is 54.6 Å². The van der Waals surface area contributed by atoms with Gasteiger partial charge in [0.25, 0.3) is 0 Å². The maximum atomic E-state index is 11.8. The average Bonchev–Trinajstić information content (AvgIpc) is 2.58. The van der Waals surface area contributed by atoms with Crippen LogP contribution in [0, 0.1) is 6.92 Å². The first kappa shape index (κ1) is 16.8. The average molecular weight is 309 g/mol. The molecule has 1 amide bonds. The Morgan fingerprint density at radius 1 is 1.17 bits per heavy atom. The van der Waals surface area contributed by atoms with Gasteiger partial charge in [0.2, 0.25) is 5.91 Å². The van der Waals surface area contributed by atoms with Crippen molar-refractivity contribution in [1.29, 1.82) is 0 Å². The van der Waals surface area contributed by atoms with Gasteiger partial charge in [-0.05, 0) is 49.1 Å². The number of carbonyl (C=O) groups is 1. The molecular weight excluding hydrogens is 286 g/mol. The van der Waals surface area contributed by atoms with Gasteiger partial charge in [0.15, 0.2) is 0 Å². The highest BCUT2D eigenvalue weighted by atomic mass is 16.5. The Hall–Kier alpha value is -2.55. The highest BCUT2D eigenvalue weighted by Crippen LogP contribution is 2.13. The Morgan fingerprint density at radius 2 is 1.96 bits per heavy atom. The Bertz CT molecular complexity index is 660. The molecule has 0 aromatic heterocycles. The fraction of sp³-hybridized carbons (Fsp3) is 0.250. The Balaban J connectivity index is 1.71. The smallest absolute Gasteiger partial charge is 0.243 e. The molecule has 1 N–H and O–H groups in total. The first-order valence-corrected chi connectivity index (χ1v) is 7.83. The van der Waals surface area contributed by atoms with Crippen molar-refractivity contribution >= 4 is 12.0 Å². The summed E-state index contributed by atoms with van der Waals surface area (Å²) in [5, 5.41) is 2.91. The normalized spacial score (nSPS) is 10.7. The van der Waals surface area contributed by atoms with Crippen LogP contribution < -0.4 is 10.1 Å². The van der Waals surface area contributed by atoms with Gasteiger partial charge in [0.1, 0.15) is 5.75 Å². The summed E-state index contributed by atoms with van der Waals surface area (Å²) in [6.07, 6.45) is 5.23. The zero-order chi connectivity index (χ0) is 16.5. The predicted octanol–water partition coefficient (Wildman–Crippen LogP) is 3.77. The minimum atomic E-state index is -0.0591. The molecule has 0 spiro atoms. The van der Waals surface area contributed by atoms with E-state index in [9.17, 15) is 4.79 Å². The lowest BCUT2D eigenvalue weighted by molar-refractivity contribution is -0.116. The minimum absolute atomic E-state index is 0.0591. The maximum Gasteiger partial charge on any atom is 0.243 e. The van der Waals surface area contributed by atoms with Crippen molar-refractivity contribution in [2.24, 2.45) is 0 Å². The van der Waals surface area contributed by atoms with Crippen LogP contribution in [0.2, 0.25) is 0 Å². The second-order valence-electron chi connectivity index (χ2n) is 5.49. The summed E-state index contributed by atoms with van der Waals surface area (Å²) >= 11 is 0. The van der Waals surface area contributed by atoms with E-state index in [0.717, 1.165) is 24.2 Å². The molecule has 2 rings (SSSR count). The number of rotatable bonds is 7. The van der Waals surface area contributed by atoms with Crippen LogP contribution in [0.5, 0.6) is 5.75 Å². The molecule has 0 radical (unpaired) electrons. The topological polar surface area (TPSA) is 38.3 Å². The number of nitrogens with one attached hydrogen (secondary N) is 1. The Morgan fingerprint density at radius 3 is 2.70 bits per heavy atom. The number of amides is 1. The quantitative estimate of drug-likeness (QED) is 0.624. The van der Waals surface area contributed by atoms with Gasteiger partial charge in [-0.15, -0.1) is 0 Å². The van der Waals surface area contributed by atoms with Crippen molar-refractivity contribution in [2.75, 3.05) is 13.7 Å². The van der Waals surface area contributed by atoms with Crippen LogP contribution in [0.1, 0.15) is 23.1 Å². The number of benzene rings is 2. The van der Waals surface area contributed by atoms with Crippen molar-refractivity contribution in [1.82, 2.24) is 5.32 Å². The lowest BCUT2D eigenvalue weighted by atomic mass is 10.1. The third kappa shape index (κ3) is 5.99. The molecule has 0 bridgehead atoms. The second kappa shape index (κ2) is 8.79. The summed E-state index contributed by atoms with van der Waals surface area (Å²) in [5.41, 5.74) is 3.46. The van der Waals surface area contributed by atoms with Crippen molar-refractivity contribution < 1.29 is 9.53 Å². The molecule has 0 atom stereocenters. The van der Waals surface area contributed by atoms with Crippen molar-refractivity contribution in [2.45, 2.75) is 19.8 Å². The molecule has 0 fully saturated rings. The highest BCUT2D eigenvalue weighted by Gasteiger charge is 1.98. The molecule has 0 unspecified atom stereocenters. The van der Waals surface area contributed by atoms with Crippen LogP contribution in [-0.4, -0.2) is 19.6 Å². The molecule has 0 aliphatic heterocycles. The van der Waals surface area contributed by atoms with Crippen LogP contribution in [0.3, 0.4) is 0 Å². The van der Waals surface area contributed by atoms with E-state index in [-0.39, 0.29) is 5.91 Å². The van der Waals surface area contributed by atoms with Gasteiger partial charge in [-0.25, -0.2) is 0 Å². The number of methoxy groups -OCH3 is 1. The van der Waals surface area contributed by atoms with Crippen molar-refractivity contribution in [3.05, 3.63) is 71.3 Å². The van der Waals surface area contributed by atoms with E-state index in [4.69, 9.17) is 4.74 Å². The van der Waals surface area contributed by atoms with Gasteiger partial charge in [-0.2, -0.15) is 0 Å². The molecule has 3 nitrogen and oxygen atoms in total. The monoisotopic (exact) mass is 309 g/mol. The number of ether oxygens (including phenoxy) is 1. The third-order valence-electron chi connectivity index (χ3n) is 3.58. The molecule has 2 aromatic rings. The molecule has 120 valence electrons. The predicted molar refractivity (Wildman–Crippen MR) is 94.5 cm³/mol. The van der Waals surface area contributed by atoms with Gasteiger partial charge in [0, 0.05) is 12.6 Å². The molecule has 0 aliphatic carbocycles. The first-order chi connectivity index (χ1) is 11.2. The molecule has 23 heavy (non-hydrogen) atoms. The Kier molecular flexibility index (Phi) is 6.42. The molecule has 0 heterocycles. The van der Waals surface area contributed by atoms with Crippen LogP contribution >= 0.6 is 0 Å². The number of aryl methyl sites for hydroxylation is 2. The fourth-order valence-corrected chi connectivity index (χ4v) is 2.24. The van der Waals surface area contributed by atoms with E-state index in [1.165, 1.54) is 11.1 Å². The molecule has 2 aromatic carbocycles. The molecular formula is C20H23NO2. The van der Waals surface area contributed by atoms with E-state index in [2.05, 4.69) is 11.4 Å². The molecule has 0 saturated heterocycles. The number of hydrogen-bond donors (Lipinski definition) is 1. The van der Waals surface area contributed by atoms with Gasteiger partial charge in [0.05, 0.1) is 7.11 Å². The zero-order valence-corrected chi connectivity index (χ0v) is 13.7. The summed E-state index contributed by atoms with van der Waals surface area (Å²) < 4.78 is 5.20. The summed E-state index contributed by atoms with van der Waals surface area (Å²) in [6, 6.07) is 16.1. The summed E-state index contributed by atoms with van der Waals surface area (Å²) in [7, 11) is 1.67. The lowest BCUT2D eigenvalue weighted by Crippen LogP contribution is -2.22. The van der Waals surface area contributed by atoms with Crippen molar-refractivity contribution in [3.63, 3.8) is 0 Å². The molecule has 3 heteroatoms. The Labute approximate surface area is 138 Å². The molecule has 0 saturated carbocycles. The van der Waals surface area contributed by atoms with E-state index in [0.29, 0.717) is 6.54 Å². The summed E-state index contributed by atoms with van der Waals surface area (Å²) in [5.74, 6) is 0.809. The van der Waals surface area contributed by atoms with Gasteiger partial charge in [-0.3, -0.25) is 4.79 Å². The second-order valence-corrected chi connectivity index (χ2v) is 5.49. The molecule has 0 aliphatic rings. The standard InChI is InChI=1S/C20H23NO2/c1-16-8-10-17(11-9-16)12-13-20(22)21-14-4-6-18-5-3-7-19(15-18)23-2/h3,5,7-13,15H,4,6,14H2,1-2H3,(H,21,22)/b13-12+. The van der Waals surface area contributed by atoms with Crippen LogP contribution in [0.4, 0.5) is 0 Å². The summed E-state index contributed by atoms with van der Waals surface area (Å²) in [4.78, 5) is 11.8. The minimum Gasteiger partial charge on any atom is -0.497 e. The van der Waals surface area contributed by atoms with Gasteiger partial charge in [-0.1, -0.05) is 42.0 Å². The van der Waals surface area contributed by atoms with Crippen LogP contribution in [0.25, 0.3) is 6.08 Å². The largest absolute Gasteiger partial charge is 0.497 e. The zero-order valence-electron chi connectivity index (χ0n) is 13.7. The van der Waals surface area contributed by atoms with Crippen molar-refractivity contribution in [3.8, 4) is 5.75 Å². The first-order valence-electron chi connectivity index (χ1n) is 7.83.